The summed E-state index contributed by atoms with van der Waals surface area (Å²) in [6.07, 6.45) is 0.701. The van der Waals surface area contributed by atoms with E-state index in [1.54, 1.807) is 14.2 Å². The van der Waals surface area contributed by atoms with Gasteiger partial charge in [-0.3, -0.25) is 4.99 Å². The number of alkyl carbamates (subject to hydrolysis) is 1. The summed E-state index contributed by atoms with van der Waals surface area (Å²) in [5, 5.41) is 9.31. The number of guanidine groups is 1. The molecule has 1 unspecified atom stereocenters. The highest BCUT2D eigenvalue weighted by molar-refractivity contribution is 14.0. The summed E-state index contributed by atoms with van der Waals surface area (Å²) in [6, 6.07) is 8.13. The molecule has 0 bridgehead atoms. The lowest BCUT2D eigenvalue weighted by molar-refractivity contribution is 0.0529. The van der Waals surface area contributed by atoms with Crippen LogP contribution in [0, 0.1) is 5.92 Å². The molecule has 1 aromatic carbocycles. The van der Waals surface area contributed by atoms with Crippen LogP contribution < -0.4 is 25.6 Å². The second-order valence-electron chi connectivity index (χ2n) is 8.08. The number of para-hydroxylation sites is 2. The van der Waals surface area contributed by atoms with E-state index in [9.17, 15) is 4.79 Å². The fourth-order valence-electron chi connectivity index (χ4n) is 3.23. The van der Waals surface area contributed by atoms with E-state index in [-0.39, 0.29) is 24.0 Å². The van der Waals surface area contributed by atoms with Gasteiger partial charge in [0, 0.05) is 39.8 Å². The van der Waals surface area contributed by atoms with Gasteiger partial charge < -0.3 is 30.3 Å². The molecule has 1 heterocycles. The molecule has 1 saturated heterocycles. The third kappa shape index (κ3) is 8.85. The van der Waals surface area contributed by atoms with Crippen molar-refractivity contribution in [1.29, 1.82) is 0 Å². The maximum absolute atomic E-state index is 11.6. The van der Waals surface area contributed by atoms with Crippen LogP contribution in [0.25, 0.3) is 0 Å². The number of ether oxygens (including phenoxy) is 2. The number of carbonyl (C=O) groups is 1. The van der Waals surface area contributed by atoms with Crippen molar-refractivity contribution in [3.63, 3.8) is 0 Å². The van der Waals surface area contributed by atoms with Crippen LogP contribution in [0.15, 0.2) is 29.3 Å². The molecule has 3 N–H and O–H groups in total. The molecule has 0 radical (unpaired) electrons. The number of anilines is 1. The number of methoxy groups -OCH3 is 1. The van der Waals surface area contributed by atoms with Crippen molar-refractivity contribution in [1.82, 2.24) is 16.0 Å². The van der Waals surface area contributed by atoms with Crippen LogP contribution in [0.4, 0.5) is 10.5 Å². The van der Waals surface area contributed by atoms with Crippen LogP contribution >= 0.6 is 24.0 Å². The normalized spacial score (nSPS) is 16.5. The van der Waals surface area contributed by atoms with Gasteiger partial charge in [-0.15, -0.1) is 24.0 Å². The van der Waals surface area contributed by atoms with E-state index < -0.39 is 11.7 Å². The lowest BCUT2D eigenvalue weighted by atomic mass is 10.1. The van der Waals surface area contributed by atoms with Crippen LogP contribution in [0.5, 0.6) is 5.75 Å². The van der Waals surface area contributed by atoms with Crippen LogP contribution in [0.3, 0.4) is 0 Å². The largest absolute Gasteiger partial charge is 0.495 e. The number of amides is 1. The van der Waals surface area contributed by atoms with E-state index in [4.69, 9.17) is 9.47 Å². The van der Waals surface area contributed by atoms with Crippen molar-refractivity contribution in [2.45, 2.75) is 32.8 Å². The smallest absolute Gasteiger partial charge is 0.407 e. The Morgan fingerprint density at radius 3 is 2.57 bits per heavy atom. The molecule has 1 amide bonds. The number of benzene rings is 1. The first-order valence-corrected chi connectivity index (χ1v) is 10.1. The van der Waals surface area contributed by atoms with Gasteiger partial charge >= 0.3 is 6.09 Å². The van der Waals surface area contributed by atoms with E-state index in [0.717, 1.165) is 43.5 Å². The first kappa shape index (κ1) is 26.1. The molecule has 0 saturated carbocycles. The summed E-state index contributed by atoms with van der Waals surface area (Å²) in [5.41, 5.74) is 0.654. The van der Waals surface area contributed by atoms with Crippen LogP contribution in [-0.2, 0) is 4.74 Å². The summed E-state index contributed by atoms with van der Waals surface area (Å²) in [5.74, 6) is 2.17. The fourth-order valence-corrected chi connectivity index (χ4v) is 3.23. The van der Waals surface area contributed by atoms with Crippen molar-refractivity contribution in [2.75, 3.05) is 51.8 Å². The van der Waals surface area contributed by atoms with Crippen LogP contribution in [-0.4, -0.2) is 64.5 Å². The molecule has 0 aromatic heterocycles. The average molecular weight is 533 g/mol. The minimum Gasteiger partial charge on any atom is -0.495 e. The molecule has 1 fully saturated rings. The molecule has 0 aliphatic carbocycles. The summed E-state index contributed by atoms with van der Waals surface area (Å²) in [6.45, 7) is 9.38. The molecule has 1 aliphatic rings. The second kappa shape index (κ2) is 12.7. The Morgan fingerprint density at radius 2 is 1.90 bits per heavy atom. The number of halogens is 1. The molecule has 0 spiro atoms. The Morgan fingerprint density at radius 1 is 1.20 bits per heavy atom. The van der Waals surface area contributed by atoms with Gasteiger partial charge in [-0.2, -0.15) is 0 Å². The molecule has 1 aliphatic heterocycles. The van der Waals surface area contributed by atoms with Crippen LogP contribution in [0.2, 0.25) is 0 Å². The topological polar surface area (TPSA) is 87.2 Å². The molecule has 170 valence electrons. The number of hydrogen-bond acceptors (Lipinski definition) is 5. The second-order valence-corrected chi connectivity index (χ2v) is 8.08. The molecule has 1 aromatic rings. The number of nitrogens with zero attached hydrogens (tertiary/aromatic N) is 2. The third-order valence-electron chi connectivity index (χ3n) is 4.58. The van der Waals surface area contributed by atoms with Crippen molar-refractivity contribution in [3.8, 4) is 5.75 Å². The lowest BCUT2D eigenvalue weighted by Crippen LogP contribution is -2.44. The minimum atomic E-state index is -0.492. The number of rotatable bonds is 7. The number of hydrogen-bond donors (Lipinski definition) is 3. The van der Waals surface area contributed by atoms with Crippen LogP contribution in [0.1, 0.15) is 27.2 Å². The highest BCUT2D eigenvalue weighted by atomic mass is 127. The van der Waals surface area contributed by atoms with E-state index in [0.29, 0.717) is 19.0 Å². The van der Waals surface area contributed by atoms with Gasteiger partial charge in [0.05, 0.1) is 12.8 Å². The van der Waals surface area contributed by atoms with Gasteiger partial charge in [-0.05, 0) is 45.2 Å². The summed E-state index contributed by atoms with van der Waals surface area (Å²) in [4.78, 5) is 18.3. The van der Waals surface area contributed by atoms with Gasteiger partial charge in [-0.25, -0.2) is 4.79 Å². The first-order chi connectivity index (χ1) is 13.8. The zero-order chi connectivity index (χ0) is 21.3. The van der Waals surface area contributed by atoms with E-state index in [2.05, 4.69) is 31.9 Å². The molecule has 2 rings (SSSR count). The van der Waals surface area contributed by atoms with Crippen molar-refractivity contribution in [2.24, 2.45) is 10.9 Å². The highest BCUT2D eigenvalue weighted by Crippen LogP contribution is 2.31. The molecule has 9 heteroatoms. The van der Waals surface area contributed by atoms with E-state index >= 15 is 0 Å². The van der Waals surface area contributed by atoms with Crippen molar-refractivity contribution < 1.29 is 14.3 Å². The van der Waals surface area contributed by atoms with Gasteiger partial charge in [-0.1, -0.05) is 12.1 Å². The monoisotopic (exact) mass is 533 g/mol. The Hall–Kier alpha value is -1.91. The zero-order valence-electron chi connectivity index (χ0n) is 18.7. The maximum Gasteiger partial charge on any atom is 0.407 e. The Balaban J connectivity index is 0.00000450. The molecule has 30 heavy (non-hydrogen) atoms. The van der Waals surface area contributed by atoms with E-state index in [1.165, 1.54) is 0 Å². The third-order valence-corrected chi connectivity index (χ3v) is 4.58. The predicted octanol–water partition coefficient (Wildman–Crippen LogP) is 2.83. The SMILES string of the molecule is CN=C(NCCNC(=O)OC(C)(C)C)NCC1CCN(c2ccccc2OC)C1.I. The summed E-state index contributed by atoms with van der Waals surface area (Å²) >= 11 is 0. The molecule has 1 atom stereocenters. The van der Waals surface area contributed by atoms with Crippen molar-refractivity contribution >= 4 is 41.7 Å². The number of aliphatic imine (C=N–C) groups is 1. The quantitative estimate of drug-likeness (QED) is 0.216. The Kier molecular flexibility index (Phi) is 11.1. The Bertz CT molecular complexity index is 693. The minimum absolute atomic E-state index is 0. The first-order valence-electron chi connectivity index (χ1n) is 10.1. The zero-order valence-corrected chi connectivity index (χ0v) is 21.0. The Labute approximate surface area is 197 Å². The maximum atomic E-state index is 11.6. The van der Waals surface area contributed by atoms with Gasteiger partial charge in [0.15, 0.2) is 5.96 Å². The summed E-state index contributed by atoms with van der Waals surface area (Å²) < 4.78 is 10.7. The number of carbonyl (C=O) groups excluding carboxylic acids is 1. The van der Waals surface area contributed by atoms with Gasteiger partial charge in [0.25, 0.3) is 0 Å². The van der Waals surface area contributed by atoms with E-state index in [1.807, 2.05) is 39.0 Å². The highest BCUT2D eigenvalue weighted by Gasteiger charge is 2.24. The molecular weight excluding hydrogens is 497 g/mol. The number of nitrogens with one attached hydrogen (secondary N) is 3. The van der Waals surface area contributed by atoms with Gasteiger partial charge in [0.1, 0.15) is 11.4 Å². The van der Waals surface area contributed by atoms with Gasteiger partial charge in [0.2, 0.25) is 0 Å². The standard InChI is InChI=1S/C21H35N5O3.HI/c1-21(2,3)29-20(27)24-12-11-23-19(22-4)25-14-16-10-13-26(15-16)17-8-6-7-9-18(17)28-5;/h6-9,16H,10-15H2,1-5H3,(H,24,27)(H2,22,23,25);1H. The average Bonchev–Trinajstić information content (AvgIpc) is 3.15. The fraction of sp³-hybridized carbons (Fsp3) is 0.619. The molecule has 8 nitrogen and oxygen atoms in total. The summed E-state index contributed by atoms with van der Waals surface area (Å²) in [7, 11) is 3.45. The predicted molar refractivity (Wildman–Crippen MR) is 132 cm³/mol. The lowest BCUT2D eigenvalue weighted by Gasteiger charge is -2.21. The molecular formula is C21H36IN5O3. The van der Waals surface area contributed by atoms with Crippen molar-refractivity contribution in [3.05, 3.63) is 24.3 Å².